The molecule has 0 radical (unpaired) electrons. The number of rotatable bonds is 9. The van der Waals surface area contributed by atoms with Crippen LogP contribution in [0.15, 0.2) is 4.42 Å². The van der Waals surface area contributed by atoms with E-state index >= 15 is 0 Å². The molecule has 110 valence electrons. The van der Waals surface area contributed by atoms with Crippen LogP contribution in [0.2, 0.25) is 0 Å². The summed E-state index contributed by atoms with van der Waals surface area (Å²) in [6, 6.07) is 0.534. The van der Waals surface area contributed by atoms with Gasteiger partial charge in [0.15, 0.2) is 0 Å². The minimum Gasteiger partial charge on any atom is -0.407 e. The number of hydrogen-bond acceptors (Lipinski definition) is 5. The van der Waals surface area contributed by atoms with Crippen molar-refractivity contribution in [2.24, 2.45) is 5.92 Å². The van der Waals surface area contributed by atoms with Crippen molar-refractivity contribution in [2.75, 3.05) is 11.9 Å². The van der Waals surface area contributed by atoms with Crippen molar-refractivity contribution in [1.82, 2.24) is 15.5 Å². The van der Waals surface area contributed by atoms with E-state index in [2.05, 4.69) is 55.4 Å². The molecule has 1 aromatic rings. The number of nitrogens with zero attached hydrogens (tertiary/aromatic N) is 2. The van der Waals surface area contributed by atoms with Crippen LogP contribution in [0, 0.1) is 5.92 Å². The SMILES string of the molecule is CCC(CC)(CC)Nc1nnc(CNCC(C)C)o1. The van der Waals surface area contributed by atoms with Crippen LogP contribution in [0.4, 0.5) is 6.01 Å². The van der Waals surface area contributed by atoms with Crippen molar-refractivity contribution in [3.63, 3.8) is 0 Å². The third-order valence-corrected chi connectivity index (χ3v) is 3.70. The Kier molecular flexibility index (Phi) is 6.28. The summed E-state index contributed by atoms with van der Waals surface area (Å²) < 4.78 is 5.63. The Morgan fingerprint density at radius 1 is 1.11 bits per heavy atom. The molecule has 0 fully saturated rings. The highest BCUT2D eigenvalue weighted by Crippen LogP contribution is 2.24. The van der Waals surface area contributed by atoms with E-state index in [0.29, 0.717) is 24.4 Å². The van der Waals surface area contributed by atoms with Crippen molar-refractivity contribution < 1.29 is 4.42 Å². The number of aromatic nitrogens is 2. The molecule has 0 aromatic carbocycles. The van der Waals surface area contributed by atoms with Crippen LogP contribution in [-0.4, -0.2) is 22.3 Å². The first kappa shape index (κ1) is 16.0. The van der Waals surface area contributed by atoms with Crippen molar-refractivity contribution >= 4 is 6.01 Å². The van der Waals surface area contributed by atoms with Crippen molar-refractivity contribution in [3.8, 4) is 0 Å². The van der Waals surface area contributed by atoms with Crippen molar-refractivity contribution in [2.45, 2.75) is 66.0 Å². The summed E-state index contributed by atoms with van der Waals surface area (Å²) in [7, 11) is 0. The highest BCUT2D eigenvalue weighted by molar-refractivity contribution is 5.23. The standard InChI is InChI=1S/C14H28N4O/c1-6-14(7-2,8-3)16-13-18-17-12(19-13)10-15-9-11(4)5/h11,15H,6-10H2,1-5H3,(H,16,18). The van der Waals surface area contributed by atoms with Crippen molar-refractivity contribution in [1.29, 1.82) is 0 Å². The molecule has 1 rings (SSSR count). The molecule has 0 saturated heterocycles. The lowest BCUT2D eigenvalue weighted by Gasteiger charge is -2.30. The predicted octanol–water partition coefficient (Wildman–Crippen LogP) is 3.20. The average Bonchev–Trinajstić information content (AvgIpc) is 2.83. The maximum absolute atomic E-state index is 5.63. The molecule has 0 saturated carbocycles. The topological polar surface area (TPSA) is 63.0 Å². The Bertz CT molecular complexity index is 350. The van der Waals surface area contributed by atoms with Crippen molar-refractivity contribution in [3.05, 3.63) is 5.89 Å². The lowest BCUT2D eigenvalue weighted by molar-refractivity contribution is 0.393. The monoisotopic (exact) mass is 268 g/mol. The van der Waals surface area contributed by atoms with Gasteiger partial charge in [0.25, 0.3) is 0 Å². The van der Waals surface area contributed by atoms with E-state index < -0.39 is 0 Å². The zero-order chi connectivity index (χ0) is 14.3. The molecule has 0 atom stereocenters. The van der Waals surface area contributed by atoms with E-state index in [-0.39, 0.29) is 5.54 Å². The molecule has 1 aromatic heterocycles. The summed E-state index contributed by atoms with van der Waals surface area (Å²) in [4.78, 5) is 0. The lowest BCUT2D eigenvalue weighted by Crippen LogP contribution is -2.36. The number of hydrogen-bond donors (Lipinski definition) is 2. The molecule has 0 aliphatic carbocycles. The third kappa shape index (κ3) is 4.82. The summed E-state index contributed by atoms with van der Waals surface area (Å²) in [6.45, 7) is 12.5. The molecular formula is C14H28N4O. The third-order valence-electron chi connectivity index (χ3n) is 3.70. The van der Waals surface area contributed by atoms with E-state index in [1.54, 1.807) is 0 Å². The van der Waals surface area contributed by atoms with Crippen LogP contribution in [0.3, 0.4) is 0 Å². The summed E-state index contributed by atoms with van der Waals surface area (Å²) >= 11 is 0. The molecule has 0 bridgehead atoms. The Hall–Kier alpha value is -1.10. The van der Waals surface area contributed by atoms with Crippen LogP contribution in [-0.2, 0) is 6.54 Å². The van der Waals surface area contributed by atoms with Gasteiger partial charge in [0.1, 0.15) is 0 Å². The fraction of sp³-hybridized carbons (Fsp3) is 0.857. The van der Waals surface area contributed by atoms with Gasteiger partial charge in [-0.05, 0) is 31.7 Å². The molecule has 5 nitrogen and oxygen atoms in total. The highest BCUT2D eigenvalue weighted by Gasteiger charge is 2.25. The molecule has 0 spiro atoms. The number of anilines is 1. The van der Waals surface area contributed by atoms with Crippen LogP contribution in [0.1, 0.15) is 59.8 Å². The molecular weight excluding hydrogens is 240 g/mol. The van der Waals surface area contributed by atoms with Crippen LogP contribution >= 0.6 is 0 Å². The smallest absolute Gasteiger partial charge is 0.315 e. The second-order valence-corrected chi connectivity index (χ2v) is 5.49. The Labute approximate surface area is 116 Å². The summed E-state index contributed by atoms with van der Waals surface area (Å²) in [5.41, 5.74) is 0.0646. The Morgan fingerprint density at radius 3 is 2.26 bits per heavy atom. The van der Waals surface area contributed by atoms with Gasteiger partial charge in [0, 0.05) is 5.54 Å². The van der Waals surface area contributed by atoms with Gasteiger partial charge in [-0.15, -0.1) is 5.10 Å². The van der Waals surface area contributed by atoms with E-state index in [1.807, 2.05) is 0 Å². The molecule has 1 heterocycles. The summed E-state index contributed by atoms with van der Waals surface area (Å²) in [5.74, 6) is 1.26. The van der Waals surface area contributed by atoms with Gasteiger partial charge < -0.3 is 15.1 Å². The molecule has 0 amide bonds. The largest absolute Gasteiger partial charge is 0.407 e. The molecule has 19 heavy (non-hydrogen) atoms. The fourth-order valence-electron chi connectivity index (χ4n) is 2.09. The summed E-state index contributed by atoms with van der Waals surface area (Å²) in [6.07, 6.45) is 3.13. The lowest BCUT2D eigenvalue weighted by atomic mass is 9.90. The number of nitrogens with one attached hydrogen (secondary N) is 2. The molecule has 0 aliphatic rings. The van der Waals surface area contributed by atoms with E-state index in [9.17, 15) is 0 Å². The minimum absolute atomic E-state index is 0.0646. The molecule has 5 heteroatoms. The first-order valence-electron chi connectivity index (χ1n) is 7.36. The van der Waals surface area contributed by atoms with Gasteiger partial charge in [-0.1, -0.05) is 39.7 Å². The van der Waals surface area contributed by atoms with E-state index in [0.717, 1.165) is 25.8 Å². The van der Waals surface area contributed by atoms with Gasteiger partial charge in [-0.2, -0.15) is 0 Å². The minimum atomic E-state index is 0.0646. The second kappa shape index (κ2) is 7.48. The van der Waals surface area contributed by atoms with Crippen LogP contribution in [0.25, 0.3) is 0 Å². The van der Waals surface area contributed by atoms with Crippen LogP contribution in [0.5, 0.6) is 0 Å². The fourth-order valence-corrected chi connectivity index (χ4v) is 2.09. The van der Waals surface area contributed by atoms with E-state index in [4.69, 9.17) is 4.42 Å². The molecule has 0 aliphatic heterocycles. The van der Waals surface area contributed by atoms with Crippen LogP contribution < -0.4 is 10.6 Å². The van der Waals surface area contributed by atoms with Gasteiger partial charge in [0.2, 0.25) is 5.89 Å². The molecule has 2 N–H and O–H groups in total. The summed E-state index contributed by atoms with van der Waals surface area (Å²) in [5, 5.41) is 14.8. The zero-order valence-corrected chi connectivity index (χ0v) is 12.9. The second-order valence-electron chi connectivity index (χ2n) is 5.49. The Balaban J connectivity index is 2.54. The average molecular weight is 268 g/mol. The zero-order valence-electron chi connectivity index (χ0n) is 12.9. The molecule has 0 unspecified atom stereocenters. The quantitative estimate of drug-likeness (QED) is 0.720. The first-order chi connectivity index (χ1) is 9.05. The highest BCUT2D eigenvalue weighted by atomic mass is 16.4. The maximum atomic E-state index is 5.63. The van der Waals surface area contributed by atoms with Gasteiger partial charge >= 0.3 is 6.01 Å². The van der Waals surface area contributed by atoms with Gasteiger partial charge in [-0.25, -0.2) is 0 Å². The maximum Gasteiger partial charge on any atom is 0.315 e. The normalized spacial score (nSPS) is 12.1. The Morgan fingerprint density at radius 2 is 1.74 bits per heavy atom. The van der Waals surface area contributed by atoms with Gasteiger partial charge in [-0.3, -0.25) is 0 Å². The first-order valence-corrected chi connectivity index (χ1v) is 7.36. The predicted molar refractivity (Wildman–Crippen MR) is 78.1 cm³/mol. The van der Waals surface area contributed by atoms with E-state index in [1.165, 1.54) is 0 Å². The van der Waals surface area contributed by atoms with Gasteiger partial charge in [0.05, 0.1) is 6.54 Å².